The summed E-state index contributed by atoms with van der Waals surface area (Å²) in [5.74, 6) is -0.117. The third-order valence-electron chi connectivity index (χ3n) is 5.75. The Morgan fingerprint density at radius 3 is 2.36 bits per heavy atom. The molecule has 2 fully saturated rings. The molecule has 2 N–H and O–H groups in total. The number of likely N-dealkylation sites (N-methyl/N-ethyl adjacent to an activating group) is 1. The summed E-state index contributed by atoms with van der Waals surface area (Å²) in [5.41, 5.74) is 1.19. The predicted molar refractivity (Wildman–Crippen MR) is 112 cm³/mol. The first-order valence-electron chi connectivity index (χ1n) is 10.1. The number of piperidine rings is 1. The fraction of sp³-hybridized carbons (Fsp3) is 0.619. The first-order chi connectivity index (χ1) is 13.1. The first kappa shape index (κ1) is 22.7. The highest BCUT2D eigenvalue weighted by molar-refractivity contribution is 5.85. The van der Waals surface area contributed by atoms with Gasteiger partial charge in [-0.3, -0.25) is 19.4 Å². The lowest BCUT2D eigenvalue weighted by molar-refractivity contribution is -0.139. The standard InChI is InChI=1S/C21H31N3O3.ClH/c1-2-24(15-20(26)27)18-10-12-23(13-11-18)14-19(25)22-21(17-8-9-17)16-6-4-3-5-7-16;/h3-7,17-18,21H,2,8-15H2,1H3,(H,22,25)(H,26,27);1H. The minimum Gasteiger partial charge on any atom is -0.480 e. The lowest BCUT2D eigenvalue weighted by atomic mass is 10.0. The second-order valence-electron chi connectivity index (χ2n) is 7.76. The minimum absolute atomic E-state index is 0. The molecule has 1 aliphatic heterocycles. The van der Waals surface area contributed by atoms with Crippen molar-refractivity contribution in [3.8, 4) is 0 Å². The highest BCUT2D eigenvalue weighted by Gasteiger charge is 2.34. The SMILES string of the molecule is CCN(CC(=O)O)C1CCN(CC(=O)NC(c2ccccc2)C2CC2)CC1.Cl. The van der Waals surface area contributed by atoms with Gasteiger partial charge in [-0.05, 0) is 43.7 Å². The molecule has 156 valence electrons. The monoisotopic (exact) mass is 409 g/mol. The molecule has 1 saturated carbocycles. The Balaban J connectivity index is 0.00000280. The largest absolute Gasteiger partial charge is 0.480 e. The minimum atomic E-state index is -0.773. The number of hydrogen-bond acceptors (Lipinski definition) is 4. The molecule has 28 heavy (non-hydrogen) atoms. The van der Waals surface area contributed by atoms with Gasteiger partial charge in [0.05, 0.1) is 19.1 Å². The van der Waals surface area contributed by atoms with Crippen LogP contribution in [-0.2, 0) is 9.59 Å². The van der Waals surface area contributed by atoms with Gasteiger partial charge in [0.25, 0.3) is 0 Å². The molecule has 6 nitrogen and oxygen atoms in total. The fourth-order valence-electron chi connectivity index (χ4n) is 4.10. The quantitative estimate of drug-likeness (QED) is 0.655. The van der Waals surface area contributed by atoms with Crippen LogP contribution in [0.3, 0.4) is 0 Å². The van der Waals surface area contributed by atoms with E-state index in [2.05, 4.69) is 22.3 Å². The maximum absolute atomic E-state index is 12.6. The molecule has 1 saturated heterocycles. The second-order valence-corrected chi connectivity index (χ2v) is 7.76. The van der Waals surface area contributed by atoms with E-state index in [1.165, 1.54) is 18.4 Å². The Hall–Kier alpha value is -1.63. The number of carbonyl (C=O) groups is 2. The Kier molecular flexibility index (Phi) is 8.73. The van der Waals surface area contributed by atoms with Gasteiger partial charge in [0.1, 0.15) is 0 Å². The molecule has 2 aliphatic rings. The summed E-state index contributed by atoms with van der Waals surface area (Å²) in [6.07, 6.45) is 4.20. The Labute approximate surface area is 173 Å². The molecule has 0 aromatic heterocycles. The number of carbonyl (C=O) groups excluding carboxylic acids is 1. The number of amides is 1. The van der Waals surface area contributed by atoms with Gasteiger partial charge in [0.15, 0.2) is 0 Å². The summed E-state index contributed by atoms with van der Waals surface area (Å²) >= 11 is 0. The van der Waals surface area contributed by atoms with Gasteiger partial charge in [-0.2, -0.15) is 0 Å². The molecule has 1 aliphatic carbocycles. The van der Waals surface area contributed by atoms with Crippen LogP contribution < -0.4 is 5.32 Å². The van der Waals surface area contributed by atoms with E-state index in [0.717, 1.165) is 32.5 Å². The van der Waals surface area contributed by atoms with Crippen molar-refractivity contribution in [1.29, 1.82) is 0 Å². The van der Waals surface area contributed by atoms with E-state index < -0.39 is 5.97 Å². The first-order valence-corrected chi connectivity index (χ1v) is 10.1. The molecule has 3 rings (SSSR count). The molecule has 0 bridgehead atoms. The molecule has 1 aromatic rings. The van der Waals surface area contributed by atoms with Crippen molar-refractivity contribution in [2.45, 2.75) is 44.7 Å². The van der Waals surface area contributed by atoms with E-state index in [0.29, 0.717) is 18.5 Å². The van der Waals surface area contributed by atoms with Crippen molar-refractivity contribution in [2.75, 3.05) is 32.7 Å². The molecule has 1 atom stereocenters. The average Bonchev–Trinajstić information content (AvgIpc) is 3.50. The van der Waals surface area contributed by atoms with Gasteiger partial charge >= 0.3 is 5.97 Å². The van der Waals surface area contributed by atoms with Gasteiger partial charge in [-0.15, -0.1) is 12.4 Å². The maximum Gasteiger partial charge on any atom is 0.317 e. The maximum atomic E-state index is 12.6. The van der Waals surface area contributed by atoms with Crippen molar-refractivity contribution in [3.05, 3.63) is 35.9 Å². The average molecular weight is 410 g/mol. The summed E-state index contributed by atoms with van der Waals surface area (Å²) in [6.45, 7) is 4.96. The van der Waals surface area contributed by atoms with Crippen molar-refractivity contribution in [1.82, 2.24) is 15.1 Å². The van der Waals surface area contributed by atoms with E-state index >= 15 is 0 Å². The molecule has 7 heteroatoms. The van der Waals surface area contributed by atoms with E-state index in [1.807, 2.05) is 30.0 Å². The topological polar surface area (TPSA) is 72.9 Å². The summed E-state index contributed by atoms with van der Waals surface area (Å²) in [7, 11) is 0. The Bertz CT molecular complexity index is 631. The van der Waals surface area contributed by atoms with Crippen molar-refractivity contribution >= 4 is 24.3 Å². The van der Waals surface area contributed by atoms with Crippen LogP contribution in [0.1, 0.15) is 44.2 Å². The fourth-order valence-corrected chi connectivity index (χ4v) is 4.10. The number of benzene rings is 1. The van der Waals surface area contributed by atoms with Gasteiger partial charge in [0, 0.05) is 19.1 Å². The lowest BCUT2D eigenvalue weighted by Crippen LogP contribution is -2.49. The van der Waals surface area contributed by atoms with Gasteiger partial charge in [-0.25, -0.2) is 0 Å². The van der Waals surface area contributed by atoms with E-state index in [9.17, 15) is 9.59 Å². The van der Waals surface area contributed by atoms with Crippen LogP contribution in [0.25, 0.3) is 0 Å². The number of nitrogens with zero attached hydrogens (tertiary/aromatic N) is 2. The number of rotatable bonds is 9. The number of hydrogen-bond donors (Lipinski definition) is 2. The summed E-state index contributed by atoms with van der Waals surface area (Å²) in [6, 6.07) is 10.7. The van der Waals surface area contributed by atoms with Crippen LogP contribution in [-0.4, -0.2) is 65.5 Å². The highest BCUT2D eigenvalue weighted by Crippen LogP contribution is 2.40. The smallest absolute Gasteiger partial charge is 0.317 e. The van der Waals surface area contributed by atoms with Gasteiger partial charge < -0.3 is 10.4 Å². The number of nitrogens with one attached hydrogen (secondary N) is 1. The Morgan fingerprint density at radius 2 is 1.82 bits per heavy atom. The van der Waals surface area contributed by atoms with E-state index in [1.54, 1.807) is 0 Å². The molecular formula is C21H32ClN3O3. The number of aliphatic carboxylic acids is 1. The van der Waals surface area contributed by atoms with Crippen molar-refractivity contribution in [2.24, 2.45) is 5.92 Å². The summed E-state index contributed by atoms with van der Waals surface area (Å²) < 4.78 is 0. The van der Waals surface area contributed by atoms with Crippen LogP contribution in [0.4, 0.5) is 0 Å². The number of halogens is 1. The zero-order valence-electron chi connectivity index (χ0n) is 16.5. The number of carboxylic acid groups (broad SMARTS) is 1. The van der Waals surface area contributed by atoms with E-state index in [4.69, 9.17) is 5.11 Å². The zero-order chi connectivity index (χ0) is 19.2. The predicted octanol–water partition coefficient (Wildman–Crippen LogP) is 2.55. The lowest BCUT2D eigenvalue weighted by Gasteiger charge is -2.37. The van der Waals surface area contributed by atoms with Crippen LogP contribution in [0, 0.1) is 5.92 Å². The summed E-state index contributed by atoms with van der Waals surface area (Å²) in [4.78, 5) is 27.8. The van der Waals surface area contributed by atoms with Gasteiger partial charge in [-0.1, -0.05) is 37.3 Å². The third-order valence-corrected chi connectivity index (χ3v) is 5.75. The number of likely N-dealkylation sites (tertiary alicyclic amines) is 1. The molecule has 1 amide bonds. The molecule has 1 aromatic carbocycles. The van der Waals surface area contributed by atoms with Crippen LogP contribution in [0.5, 0.6) is 0 Å². The molecule has 0 radical (unpaired) electrons. The molecule has 0 spiro atoms. The molecular weight excluding hydrogens is 378 g/mol. The van der Waals surface area contributed by atoms with Crippen LogP contribution in [0.2, 0.25) is 0 Å². The van der Waals surface area contributed by atoms with Crippen molar-refractivity contribution in [3.63, 3.8) is 0 Å². The second kappa shape index (κ2) is 10.8. The van der Waals surface area contributed by atoms with E-state index in [-0.39, 0.29) is 30.9 Å². The normalized spacial score (nSPS) is 19.1. The van der Waals surface area contributed by atoms with Crippen LogP contribution >= 0.6 is 12.4 Å². The van der Waals surface area contributed by atoms with Gasteiger partial charge in [0.2, 0.25) is 5.91 Å². The number of carboxylic acids is 1. The highest BCUT2D eigenvalue weighted by atomic mass is 35.5. The molecule has 1 unspecified atom stereocenters. The summed E-state index contributed by atoms with van der Waals surface area (Å²) in [5, 5.41) is 12.3. The molecule has 1 heterocycles. The Morgan fingerprint density at radius 1 is 1.18 bits per heavy atom. The zero-order valence-corrected chi connectivity index (χ0v) is 17.4. The van der Waals surface area contributed by atoms with Crippen molar-refractivity contribution < 1.29 is 14.7 Å². The van der Waals surface area contributed by atoms with Crippen LogP contribution in [0.15, 0.2) is 30.3 Å². The third kappa shape index (κ3) is 6.47.